The number of fused-ring (bicyclic) bond motifs is 1. The number of carbonyl (C=O) groups is 1. The number of likely N-dealkylation sites (tertiary alicyclic amines) is 1. The van der Waals surface area contributed by atoms with Gasteiger partial charge in [-0.15, -0.1) is 0 Å². The average Bonchev–Trinajstić information content (AvgIpc) is 2.85. The minimum absolute atomic E-state index is 0.0654. The molecule has 0 aliphatic carbocycles. The molecule has 1 aromatic carbocycles. The summed E-state index contributed by atoms with van der Waals surface area (Å²) in [5.41, 5.74) is 1.94. The lowest BCUT2D eigenvalue weighted by Crippen LogP contribution is -2.28. The van der Waals surface area contributed by atoms with Crippen LogP contribution in [0.25, 0.3) is 11.0 Å². The van der Waals surface area contributed by atoms with Crippen molar-refractivity contribution in [3.05, 3.63) is 30.6 Å². The van der Waals surface area contributed by atoms with Crippen LogP contribution in [-0.4, -0.2) is 46.5 Å². The maximum absolute atomic E-state index is 12.1. The van der Waals surface area contributed by atoms with Gasteiger partial charge in [-0.05, 0) is 57.5 Å². The topological polar surface area (TPSA) is 50.2 Å². The predicted octanol–water partition coefficient (Wildman–Crippen LogP) is 3.20. The summed E-state index contributed by atoms with van der Waals surface area (Å²) in [6.45, 7) is 4.87. The van der Waals surface area contributed by atoms with Crippen molar-refractivity contribution in [2.24, 2.45) is 0 Å². The summed E-state index contributed by atoms with van der Waals surface area (Å²) in [5, 5.41) is 3.03. The number of rotatable bonds is 8. The van der Waals surface area contributed by atoms with Gasteiger partial charge < -0.3 is 14.8 Å². The number of unbranched alkanes of at least 4 members (excludes halogenated alkanes) is 2. The average molecular weight is 342 g/mol. The number of nitrogens with one attached hydrogen (secondary N) is 1. The summed E-state index contributed by atoms with van der Waals surface area (Å²) in [5.74, 6) is 0.0654. The van der Waals surface area contributed by atoms with Crippen molar-refractivity contribution >= 4 is 16.9 Å². The molecule has 5 heteroatoms. The first-order chi connectivity index (χ1) is 12.3. The number of imidazole rings is 1. The predicted molar refractivity (Wildman–Crippen MR) is 102 cm³/mol. The van der Waals surface area contributed by atoms with Gasteiger partial charge in [0.25, 0.3) is 0 Å². The van der Waals surface area contributed by atoms with E-state index in [2.05, 4.69) is 15.2 Å². The third kappa shape index (κ3) is 5.56. The Balaban J connectivity index is 1.29. The molecule has 1 amide bonds. The van der Waals surface area contributed by atoms with Gasteiger partial charge >= 0.3 is 0 Å². The van der Waals surface area contributed by atoms with Crippen LogP contribution < -0.4 is 5.32 Å². The Hall–Kier alpha value is -1.88. The number of hydrogen-bond donors (Lipinski definition) is 1. The van der Waals surface area contributed by atoms with E-state index in [9.17, 15) is 4.79 Å². The Morgan fingerprint density at radius 3 is 2.68 bits per heavy atom. The molecule has 0 saturated carbocycles. The van der Waals surface area contributed by atoms with Crippen molar-refractivity contribution in [2.75, 3.05) is 26.2 Å². The molecule has 0 spiro atoms. The third-order valence-electron chi connectivity index (χ3n) is 5.01. The highest BCUT2D eigenvalue weighted by Gasteiger charge is 2.08. The first-order valence-electron chi connectivity index (χ1n) is 9.72. The number of hydrogen-bond acceptors (Lipinski definition) is 3. The Kier molecular flexibility index (Phi) is 6.86. The number of aromatic nitrogens is 2. The summed E-state index contributed by atoms with van der Waals surface area (Å²) in [7, 11) is 0. The number of para-hydroxylation sites is 2. The van der Waals surface area contributed by atoms with Gasteiger partial charge in [-0.3, -0.25) is 4.79 Å². The highest BCUT2D eigenvalue weighted by molar-refractivity contribution is 5.80. The third-order valence-corrected chi connectivity index (χ3v) is 5.01. The van der Waals surface area contributed by atoms with E-state index in [4.69, 9.17) is 0 Å². The number of amides is 1. The molecule has 2 heterocycles. The molecule has 1 aliphatic rings. The van der Waals surface area contributed by atoms with Crippen LogP contribution in [0, 0.1) is 0 Å². The zero-order valence-corrected chi connectivity index (χ0v) is 15.1. The summed E-state index contributed by atoms with van der Waals surface area (Å²) in [4.78, 5) is 19.0. The number of nitrogens with zero attached hydrogens (tertiary/aromatic N) is 3. The lowest BCUT2D eigenvalue weighted by molar-refractivity contribution is -0.121. The number of carbonyl (C=O) groups excluding carboxylic acids is 1. The van der Waals surface area contributed by atoms with Gasteiger partial charge in [0.2, 0.25) is 5.91 Å². The van der Waals surface area contributed by atoms with Crippen molar-refractivity contribution in [1.82, 2.24) is 19.8 Å². The molecule has 1 N–H and O–H groups in total. The SMILES string of the molecule is O=C(Cn1cnc2ccccc21)NCCCCCN1CCCCCC1. The molecule has 0 unspecified atom stereocenters. The molecule has 25 heavy (non-hydrogen) atoms. The van der Waals surface area contributed by atoms with Crippen LogP contribution in [0.1, 0.15) is 44.9 Å². The fraction of sp³-hybridized carbons (Fsp3) is 0.600. The second kappa shape index (κ2) is 9.56. The molecule has 1 fully saturated rings. The normalized spacial score (nSPS) is 16.0. The minimum atomic E-state index is 0.0654. The molecule has 0 bridgehead atoms. The molecule has 1 saturated heterocycles. The second-order valence-corrected chi connectivity index (χ2v) is 7.03. The van der Waals surface area contributed by atoms with Gasteiger partial charge in [0.1, 0.15) is 6.54 Å². The molecular formula is C20H30N4O. The minimum Gasteiger partial charge on any atom is -0.355 e. The van der Waals surface area contributed by atoms with E-state index in [1.54, 1.807) is 6.33 Å². The van der Waals surface area contributed by atoms with Crippen molar-refractivity contribution in [1.29, 1.82) is 0 Å². The van der Waals surface area contributed by atoms with Crippen LogP contribution in [0.2, 0.25) is 0 Å². The van der Waals surface area contributed by atoms with Crippen molar-refractivity contribution < 1.29 is 4.79 Å². The summed E-state index contributed by atoms with van der Waals surface area (Å²) in [6.07, 6.45) is 10.7. The van der Waals surface area contributed by atoms with E-state index in [0.717, 1.165) is 24.0 Å². The van der Waals surface area contributed by atoms with Crippen molar-refractivity contribution in [3.8, 4) is 0 Å². The smallest absolute Gasteiger partial charge is 0.239 e. The molecular weight excluding hydrogens is 312 g/mol. The van der Waals surface area contributed by atoms with E-state index >= 15 is 0 Å². The van der Waals surface area contributed by atoms with Crippen LogP contribution in [0.4, 0.5) is 0 Å². The van der Waals surface area contributed by atoms with Gasteiger partial charge in [-0.25, -0.2) is 4.98 Å². The fourth-order valence-corrected chi connectivity index (χ4v) is 3.57. The molecule has 0 radical (unpaired) electrons. The van der Waals surface area contributed by atoms with E-state index in [0.29, 0.717) is 6.54 Å². The molecule has 2 aromatic rings. The number of benzene rings is 1. The quantitative estimate of drug-likeness (QED) is 0.750. The van der Waals surface area contributed by atoms with Crippen molar-refractivity contribution in [2.45, 2.75) is 51.5 Å². The van der Waals surface area contributed by atoms with Crippen LogP contribution >= 0.6 is 0 Å². The zero-order chi connectivity index (χ0) is 17.3. The van der Waals surface area contributed by atoms with E-state index in [1.807, 2.05) is 28.8 Å². The monoisotopic (exact) mass is 342 g/mol. The first kappa shape index (κ1) is 17.9. The van der Waals surface area contributed by atoms with Crippen LogP contribution in [0.5, 0.6) is 0 Å². The molecule has 136 valence electrons. The Bertz CT molecular complexity index is 659. The zero-order valence-electron chi connectivity index (χ0n) is 15.1. The molecule has 1 aliphatic heterocycles. The Morgan fingerprint density at radius 1 is 1.04 bits per heavy atom. The summed E-state index contributed by atoms with van der Waals surface area (Å²) < 4.78 is 1.91. The van der Waals surface area contributed by atoms with Gasteiger partial charge in [0, 0.05) is 6.54 Å². The molecule has 5 nitrogen and oxygen atoms in total. The molecule has 3 rings (SSSR count). The largest absolute Gasteiger partial charge is 0.355 e. The maximum Gasteiger partial charge on any atom is 0.239 e. The second-order valence-electron chi connectivity index (χ2n) is 7.03. The van der Waals surface area contributed by atoms with Crippen molar-refractivity contribution in [3.63, 3.8) is 0 Å². The highest BCUT2D eigenvalue weighted by Crippen LogP contribution is 2.12. The van der Waals surface area contributed by atoms with Gasteiger partial charge in [-0.2, -0.15) is 0 Å². The van der Waals surface area contributed by atoms with E-state index < -0.39 is 0 Å². The fourth-order valence-electron chi connectivity index (χ4n) is 3.57. The first-order valence-corrected chi connectivity index (χ1v) is 9.72. The van der Waals surface area contributed by atoms with E-state index in [-0.39, 0.29) is 5.91 Å². The van der Waals surface area contributed by atoms with Gasteiger partial charge in [0.05, 0.1) is 17.4 Å². The Labute approximate surface area is 150 Å². The summed E-state index contributed by atoms with van der Waals surface area (Å²) in [6, 6.07) is 7.90. The molecule has 1 aromatic heterocycles. The van der Waals surface area contributed by atoms with Gasteiger partial charge in [0.15, 0.2) is 0 Å². The van der Waals surface area contributed by atoms with Crippen LogP contribution in [0.15, 0.2) is 30.6 Å². The Morgan fingerprint density at radius 2 is 1.84 bits per heavy atom. The van der Waals surface area contributed by atoms with Crippen LogP contribution in [0.3, 0.4) is 0 Å². The maximum atomic E-state index is 12.1. The standard InChI is InChI=1S/C20H30N4O/c25-20(16-24-17-22-18-10-4-5-11-19(18)24)21-12-6-3-9-15-23-13-7-1-2-8-14-23/h4-5,10-11,17H,1-3,6-9,12-16H2,(H,21,25). The van der Waals surface area contributed by atoms with E-state index in [1.165, 1.54) is 58.2 Å². The highest BCUT2D eigenvalue weighted by atomic mass is 16.1. The lowest BCUT2D eigenvalue weighted by Gasteiger charge is -2.19. The lowest BCUT2D eigenvalue weighted by atomic mass is 10.2. The summed E-state index contributed by atoms with van der Waals surface area (Å²) >= 11 is 0. The van der Waals surface area contributed by atoms with Gasteiger partial charge in [-0.1, -0.05) is 31.4 Å². The van der Waals surface area contributed by atoms with Crippen LogP contribution in [-0.2, 0) is 11.3 Å². The molecule has 0 atom stereocenters.